The van der Waals surface area contributed by atoms with E-state index in [0.717, 1.165) is 12.0 Å². The summed E-state index contributed by atoms with van der Waals surface area (Å²) < 4.78 is 4.71. The lowest BCUT2D eigenvalue weighted by molar-refractivity contribution is 0.168. The Morgan fingerprint density at radius 2 is 2.20 bits per heavy atom. The average Bonchev–Trinajstić information content (AvgIpc) is 2.18. The lowest BCUT2D eigenvalue weighted by Gasteiger charge is -2.07. The highest BCUT2D eigenvalue weighted by Crippen LogP contribution is 2.22. The topological polar surface area (TPSA) is 58.6 Å². The molecule has 0 unspecified atom stereocenters. The molecule has 1 amide bonds. The molecule has 1 aromatic carbocycles. The highest BCUT2D eigenvalue weighted by molar-refractivity contribution is 5.84. The Labute approximate surface area is 88.9 Å². The fourth-order valence-corrected chi connectivity index (χ4v) is 1.23. The quantitative estimate of drug-likeness (QED) is 0.804. The molecular formula is C11H15NO3. The zero-order valence-corrected chi connectivity index (χ0v) is 8.91. The summed E-state index contributed by atoms with van der Waals surface area (Å²) in [5, 5.41) is 12.1. The van der Waals surface area contributed by atoms with Crippen molar-refractivity contribution in [2.45, 2.75) is 20.3 Å². The van der Waals surface area contributed by atoms with Gasteiger partial charge in [0.25, 0.3) is 0 Å². The van der Waals surface area contributed by atoms with Crippen molar-refractivity contribution in [2.75, 3.05) is 11.9 Å². The molecule has 0 atom stereocenters. The molecule has 4 heteroatoms. The van der Waals surface area contributed by atoms with Gasteiger partial charge in [-0.05, 0) is 25.0 Å². The first-order valence-corrected chi connectivity index (χ1v) is 4.93. The summed E-state index contributed by atoms with van der Waals surface area (Å²) in [5.74, 6) is 0.187. The van der Waals surface area contributed by atoms with Gasteiger partial charge in [0.05, 0.1) is 6.61 Å². The first-order valence-electron chi connectivity index (χ1n) is 4.93. The molecule has 0 aliphatic heterocycles. The van der Waals surface area contributed by atoms with Crippen molar-refractivity contribution in [3.63, 3.8) is 0 Å². The number of carbonyl (C=O) groups is 1. The van der Waals surface area contributed by atoms with E-state index in [1.54, 1.807) is 19.1 Å². The second-order valence-corrected chi connectivity index (χ2v) is 3.04. The first kappa shape index (κ1) is 11.4. The highest BCUT2D eigenvalue weighted by Gasteiger charge is 2.04. The second kappa shape index (κ2) is 5.24. The van der Waals surface area contributed by atoms with Crippen LogP contribution in [0.25, 0.3) is 0 Å². The Bertz CT molecular complexity index is 350. The van der Waals surface area contributed by atoms with E-state index in [1.165, 1.54) is 6.07 Å². The molecule has 0 aliphatic rings. The molecule has 0 radical (unpaired) electrons. The van der Waals surface area contributed by atoms with Crippen LogP contribution in [0.3, 0.4) is 0 Å². The van der Waals surface area contributed by atoms with Gasteiger partial charge in [0.15, 0.2) is 0 Å². The lowest BCUT2D eigenvalue weighted by atomic mass is 10.1. The summed E-state index contributed by atoms with van der Waals surface area (Å²) >= 11 is 0. The largest absolute Gasteiger partial charge is 0.508 e. The smallest absolute Gasteiger partial charge is 0.411 e. The van der Waals surface area contributed by atoms with Crippen molar-refractivity contribution in [1.29, 1.82) is 0 Å². The molecule has 0 fully saturated rings. The Hall–Kier alpha value is -1.71. The van der Waals surface area contributed by atoms with Gasteiger partial charge in [-0.1, -0.05) is 13.0 Å². The standard InChI is InChI=1S/C11H15NO3/c1-3-8-5-6-9(7-10(8)13)12-11(14)15-4-2/h5-7,13H,3-4H2,1-2H3,(H,12,14). The third kappa shape index (κ3) is 3.16. The number of phenols is 1. The van der Waals surface area contributed by atoms with E-state index in [0.29, 0.717) is 12.3 Å². The fourth-order valence-electron chi connectivity index (χ4n) is 1.23. The van der Waals surface area contributed by atoms with Gasteiger partial charge in [-0.25, -0.2) is 4.79 Å². The van der Waals surface area contributed by atoms with E-state index in [2.05, 4.69) is 5.32 Å². The van der Waals surface area contributed by atoms with E-state index < -0.39 is 6.09 Å². The number of ether oxygens (including phenoxy) is 1. The molecule has 2 N–H and O–H groups in total. The van der Waals surface area contributed by atoms with Gasteiger partial charge in [-0.2, -0.15) is 0 Å². The Kier molecular flexibility index (Phi) is 3.97. The molecule has 0 heterocycles. The monoisotopic (exact) mass is 209 g/mol. The van der Waals surface area contributed by atoms with Crippen molar-refractivity contribution < 1.29 is 14.6 Å². The van der Waals surface area contributed by atoms with Crippen molar-refractivity contribution in [3.05, 3.63) is 23.8 Å². The van der Waals surface area contributed by atoms with Crippen LogP contribution in [0.5, 0.6) is 5.75 Å². The van der Waals surface area contributed by atoms with Crippen LogP contribution in [-0.4, -0.2) is 17.8 Å². The average molecular weight is 209 g/mol. The first-order chi connectivity index (χ1) is 7.17. The molecule has 0 saturated heterocycles. The summed E-state index contributed by atoms with van der Waals surface area (Å²) in [6.07, 6.45) is 0.243. The van der Waals surface area contributed by atoms with Crippen LogP contribution < -0.4 is 5.32 Å². The molecule has 1 aromatic rings. The van der Waals surface area contributed by atoms with Crippen LogP contribution in [0.4, 0.5) is 10.5 Å². The molecule has 1 rings (SSSR count). The Morgan fingerprint density at radius 3 is 2.73 bits per heavy atom. The number of anilines is 1. The van der Waals surface area contributed by atoms with E-state index in [4.69, 9.17) is 4.74 Å². The number of carbonyl (C=O) groups excluding carboxylic acids is 1. The normalized spacial score (nSPS) is 9.73. The van der Waals surface area contributed by atoms with Crippen LogP contribution in [0.15, 0.2) is 18.2 Å². The Morgan fingerprint density at radius 1 is 1.47 bits per heavy atom. The molecule has 0 bridgehead atoms. The van der Waals surface area contributed by atoms with Crippen LogP contribution >= 0.6 is 0 Å². The highest BCUT2D eigenvalue weighted by atomic mass is 16.5. The molecule has 0 aliphatic carbocycles. The van der Waals surface area contributed by atoms with Gasteiger partial charge in [-0.15, -0.1) is 0 Å². The van der Waals surface area contributed by atoms with Gasteiger partial charge < -0.3 is 9.84 Å². The van der Waals surface area contributed by atoms with Crippen LogP contribution in [0.1, 0.15) is 19.4 Å². The minimum absolute atomic E-state index is 0.187. The molecule has 15 heavy (non-hydrogen) atoms. The predicted molar refractivity (Wildman–Crippen MR) is 58.1 cm³/mol. The fraction of sp³-hybridized carbons (Fsp3) is 0.364. The Balaban J connectivity index is 2.71. The zero-order valence-electron chi connectivity index (χ0n) is 8.91. The summed E-state index contributed by atoms with van der Waals surface area (Å²) in [6, 6.07) is 5.02. The number of benzene rings is 1. The number of aromatic hydroxyl groups is 1. The van der Waals surface area contributed by atoms with Gasteiger partial charge in [0.1, 0.15) is 5.75 Å². The van der Waals surface area contributed by atoms with Gasteiger partial charge in [-0.3, -0.25) is 5.32 Å². The number of aryl methyl sites for hydroxylation is 1. The number of hydrogen-bond donors (Lipinski definition) is 2. The minimum atomic E-state index is -0.513. The van der Waals surface area contributed by atoms with E-state index in [9.17, 15) is 9.90 Å². The third-order valence-electron chi connectivity index (χ3n) is 1.99. The van der Waals surface area contributed by atoms with Crippen LogP contribution in [-0.2, 0) is 11.2 Å². The second-order valence-electron chi connectivity index (χ2n) is 3.04. The minimum Gasteiger partial charge on any atom is -0.508 e. The van der Waals surface area contributed by atoms with Crippen molar-refractivity contribution in [3.8, 4) is 5.75 Å². The molecular weight excluding hydrogens is 194 g/mol. The molecule has 82 valence electrons. The van der Waals surface area contributed by atoms with Gasteiger partial charge in [0, 0.05) is 11.8 Å². The van der Waals surface area contributed by atoms with Gasteiger partial charge >= 0.3 is 6.09 Å². The van der Waals surface area contributed by atoms with E-state index in [-0.39, 0.29) is 5.75 Å². The summed E-state index contributed by atoms with van der Waals surface area (Å²) in [6.45, 7) is 4.01. The maximum Gasteiger partial charge on any atom is 0.411 e. The van der Waals surface area contributed by atoms with Crippen molar-refractivity contribution >= 4 is 11.8 Å². The maximum atomic E-state index is 11.1. The molecule has 4 nitrogen and oxygen atoms in total. The number of hydrogen-bond acceptors (Lipinski definition) is 3. The maximum absolute atomic E-state index is 11.1. The number of nitrogens with one attached hydrogen (secondary N) is 1. The van der Waals surface area contributed by atoms with Crippen LogP contribution in [0.2, 0.25) is 0 Å². The molecule has 0 spiro atoms. The van der Waals surface area contributed by atoms with E-state index >= 15 is 0 Å². The van der Waals surface area contributed by atoms with Crippen LogP contribution in [0, 0.1) is 0 Å². The predicted octanol–water partition coefficient (Wildman–Crippen LogP) is 2.52. The number of amides is 1. The van der Waals surface area contributed by atoms with Crippen molar-refractivity contribution in [2.24, 2.45) is 0 Å². The summed E-state index contributed by atoms with van der Waals surface area (Å²) in [7, 11) is 0. The summed E-state index contributed by atoms with van der Waals surface area (Å²) in [5.41, 5.74) is 1.38. The van der Waals surface area contributed by atoms with E-state index in [1.807, 2.05) is 6.92 Å². The lowest BCUT2D eigenvalue weighted by Crippen LogP contribution is -2.13. The molecule has 0 aromatic heterocycles. The van der Waals surface area contributed by atoms with Crippen molar-refractivity contribution in [1.82, 2.24) is 0 Å². The van der Waals surface area contributed by atoms with Gasteiger partial charge in [0.2, 0.25) is 0 Å². The SMILES string of the molecule is CCOC(=O)Nc1ccc(CC)c(O)c1. The summed E-state index contributed by atoms with van der Waals surface area (Å²) in [4.78, 5) is 11.1. The third-order valence-corrected chi connectivity index (χ3v) is 1.99. The number of rotatable bonds is 3. The zero-order chi connectivity index (χ0) is 11.3. The number of phenolic OH excluding ortho intramolecular Hbond substituents is 1. The molecule has 0 saturated carbocycles.